The SMILES string of the molecule is O=C([S-])CO. The molecule has 1 N–H and O–H groups in total. The summed E-state index contributed by atoms with van der Waals surface area (Å²) in [6, 6.07) is 0. The largest absolute Gasteiger partial charge is 0.740 e. The second-order valence-electron chi connectivity index (χ2n) is 0.530. The molecule has 0 amide bonds. The number of carbonyl (C=O) groups is 1. The molecule has 0 fully saturated rings. The molecular formula is C2H3O2S-. The van der Waals surface area contributed by atoms with Gasteiger partial charge in [-0.25, -0.2) is 0 Å². The summed E-state index contributed by atoms with van der Waals surface area (Å²) in [4.78, 5) is 9.38. The lowest BCUT2D eigenvalue weighted by molar-refractivity contribution is -0.113. The number of rotatable bonds is 1. The summed E-state index contributed by atoms with van der Waals surface area (Å²) < 4.78 is 0. The zero-order chi connectivity index (χ0) is 4.28. The summed E-state index contributed by atoms with van der Waals surface area (Å²) in [5, 5.41) is 7.08. The predicted molar refractivity (Wildman–Crippen MR) is 19.5 cm³/mol. The molecule has 30 valence electrons. The van der Waals surface area contributed by atoms with Crippen LogP contribution >= 0.6 is 0 Å². The van der Waals surface area contributed by atoms with Crippen LogP contribution in [0, 0.1) is 0 Å². The Bertz CT molecular complexity index is 42.9. The lowest BCUT2D eigenvalue weighted by atomic mass is 10.8. The number of hydrogen-bond donors (Lipinski definition) is 1. The van der Waals surface area contributed by atoms with E-state index in [9.17, 15) is 4.79 Å². The van der Waals surface area contributed by atoms with Gasteiger partial charge in [0.2, 0.25) is 0 Å². The van der Waals surface area contributed by atoms with Crippen molar-refractivity contribution in [2.75, 3.05) is 6.61 Å². The minimum absolute atomic E-state index is 0.519. The third-order valence-corrected chi connectivity index (χ3v) is 0.258. The van der Waals surface area contributed by atoms with E-state index in [4.69, 9.17) is 5.11 Å². The first-order valence-electron chi connectivity index (χ1n) is 1.08. The Hall–Kier alpha value is -0.150. The van der Waals surface area contributed by atoms with E-state index in [1.807, 2.05) is 0 Å². The van der Waals surface area contributed by atoms with Crippen molar-refractivity contribution in [1.82, 2.24) is 0 Å². The van der Waals surface area contributed by atoms with Gasteiger partial charge in [0, 0.05) is 5.12 Å². The van der Waals surface area contributed by atoms with E-state index < -0.39 is 11.7 Å². The fraction of sp³-hybridized carbons (Fsp3) is 0.500. The third-order valence-electron chi connectivity index (χ3n) is 0.129. The van der Waals surface area contributed by atoms with Crippen LogP contribution in [0.3, 0.4) is 0 Å². The summed E-state index contributed by atoms with van der Waals surface area (Å²) in [6.07, 6.45) is 0. The van der Waals surface area contributed by atoms with E-state index in [0.29, 0.717) is 0 Å². The maximum Gasteiger partial charge on any atom is 0.0798 e. The molecule has 0 saturated heterocycles. The summed E-state index contributed by atoms with van der Waals surface area (Å²) in [6.45, 7) is -0.519. The highest BCUT2D eigenvalue weighted by Gasteiger charge is 1.65. The smallest absolute Gasteiger partial charge is 0.0798 e. The van der Waals surface area contributed by atoms with Gasteiger partial charge in [-0.05, 0) is 0 Å². The molecule has 0 atom stereocenters. The first kappa shape index (κ1) is 4.85. The van der Waals surface area contributed by atoms with Crippen molar-refractivity contribution in [3.05, 3.63) is 0 Å². The second kappa shape index (κ2) is 2.11. The molecule has 0 spiro atoms. The molecule has 0 aliphatic carbocycles. The van der Waals surface area contributed by atoms with Crippen molar-refractivity contribution in [3.8, 4) is 0 Å². The van der Waals surface area contributed by atoms with Crippen LogP contribution < -0.4 is 0 Å². The van der Waals surface area contributed by atoms with Crippen molar-refractivity contribution in [2.24, 2.45) is 0 Å². The topological polar surface area (TPSA) is 37.3 Å². The molecule has 0 unspecified atom stereocenters. The van der Waals surface area contributed by atoms with Gasteiger partial charge in [-0.15, -0.1) is 0 Å². The highest BCUT2D eigenvalue weighted by atomic mass is 32.1. The molecule has 0 heterocycles. The normalized spacial score (nSPS) is 7.40. The monoisotopic (exact) mass is 91.0 g/mol. The molecule has 0 saturated carbocycles. The second-order valence-corrected chi connectivity index (χ2v) is 0.985. The van der Waals surface area contributed by atoms with Crippen molar-refractivity contribution < 1.29 is 9.90 Å². The molecule has 2 nitrogen and oxygen atoms in total. The maximum absolute atomic E-state index is 9.38. The van der Waals surface area contributed by atoms with Crippen LogP contribution in [0.4, 0.5) is 0 Å². The Balaban J connectivity index is 2.85. The Kier molecular flexibility index (Phi) is 2.05. The van der Waals surface area contributed by atoms with Crippen LogP contribution in [0.5, 0.6) is 0 Å². The Morgan fingerprint density at radius 1 is 2.00 bits per heavy atom. The Morgan fingerprint density at radius 2 is 2.20 bits per heavy atom. The number of aliphatic hydroxyl groups excluding tert-OH is 1. The zero-order valence-corrected chi connectivity index (χ0v) is 3.29. The van der Waals surface area contributed by atoms with Crippen molar-refractivity contribution in [1.29, 1.82) is 0 Å². The predicted octanol–water partition coefficient (Wildman–Crippen LogP) is -0.948. The van der Waals surface area contributed by atoms with Gasteiger partial charge in [-0.3, -0.25) is 0 Å². The van der Waals surface area contributed by atoms with Gasteiger partial charge >= 0.3 is 0 Å². The molecule has 0 aliphatic heterocycles. The van der Waals surface area contributed by atoms with Crippen LogP contribution in [-0.4, -0.2) is 16.8 Å². The van der Waals surface area contributed by atoms with E-state index in [-0.39, 0.29) is 0 Å². The zero-order valence-electron chi connectivity index (χ0n) is 2.47. The van der Waals surface area contributed by atoms with Gasteiger partial charge in [0.15, 0.2) is 0 Å². The lowest BCUT2D eigenvalue weighted by Gasteiger charge is -1.90. The van der Waals surface area contributed by atoms with Gasteiger partial charge in [0.1, 0.15) is 0 Å². The lowest BCUT2D eigenvalue weighted by Crippen LogP contribution is -1.95. The molecule has 0 bridgehead atoms. The third kappa shape index (κ3) is 3.85. The number of carbonyl (C=O) groups excluding carboxylic acids is 1. The molecule has 0 rings (SSSR count). The quantitative estimate of drug-likeness (QED) is 0.423. The average molecular weight is 91.1 g/mol. The number of aliphatic hydroxyl groups is 1. The van der Waals surface area contributed by atoms with Crippen molar-refractivity contribution >= 4 is 17.7 Å². The van der Waals surface area contributed by atoms with Crippen molar-refractivity contribution in [3.63, 3.8) is 0 Å². The molecule has 5 heavy (non-hydrogen) atoms. The van der Waals surface area contributed by atoms with Gasteiger partial charge in [-0.1, -0.05) is 0 Å². The molecule has 3 heteroatoms. The van der Waals surface area contributed by atoms with Crippen LogP contribution in [0.15, 0.2) is 0 Å². The average Bonchev–Trinajstić information content (AvgIpc) is 1.38. The van der Waals surface area contributed by atoms with Gasteiger partial charge < -0.3 is 22.5 Å². The summed E-state index contributed by atoms with van der Waals surface area (Å²) in [5.41, 5.74) is 0. The van der Waals surface area contributed by atoms with E-state index in [0.717, 1.165) is 0 Å². The minimum atomic E-state index is -0.606. The van der Waals surface area contributed by atoms with Gasteiger partial charge in [0.05, 0.1) is 6.61 Å². The van der Waals surface area contributed by atoms with Gasteiger partial charge in [-0.2, -0.15) is 0 Å². The summed E-state index contributed by atoms with van der Waals surface area (Å²) in [5.74, 6) is 0. The maximum atomic E-state index is 9.38. The van der Waals surface area contributed by atoms with Crippen LogP contribution in [0.1, 0.15) is 0 Å². The van der Waals surface area contributed by atoms with Gasteiger partial charge in [0.25, 0.3) is 0 Å². The van der Waals surface area contributed by atoms with E-state index in [1.54, 1.807) is 0 Å². The highest BCUT2D eigenvalue weighted by Crippen LogP contribution is 1.53. The molecule has 0 aliphatic rings. The Labute approximate surface area is 35.2 Å². The fourth-order valence-corrected chi connectivity index (χ4v) is 0. The van der Waals surface area contributed by atoms with E-state index >= 15 is 0 Å². The molecule has 0 aromatic rings. The molecule has 0 aromatic carbocycles. The summed E-state index contributed by atoms with van der Waals surface area (Å²) >= 11 is 3.89. The van der Waals surface area contributed by atoms with E-state index in [2.05, 4.69) is 12.6 Å². The Morgan fingerprint density at radius 3 is 2.20 bits per heavy atom. The van der Waals surface area contributed by atoms with Crippen LogP contribution in [-0.2, 0) is 17.4 Å². The highest BCUT2D eigenvalue weighted by molar-refractivity contribution is 7.77. The van der Waals surface area contributed by atoms with Crippen molar-refractivity contribution in [2.45, 2.75) is 0 Å². The molecule has 0 aromatic heterocycles. The number of hydrogen-bond acceptors (Lipinski definition) is 3. The van der Waals surface area contributed by atoms with Crippen LogP contribution in [0.2, 0.25) is 0 Å². The minimum Gasteiger partial charge on any atom is -0.740 e. The first-order chi connectivity index (χ1) is 2.27. The first-order valence-corrected chi connectivity index (χ1v) is 1.49. The molecule has 0 radical (unpaired) electrons. The summed E-state index contributed by atoms with van der Waals surface area (Å²) in [7, 11) is 0. The van der Waals surface area contributed by atoms with E-state index in [1.165, 1.54) is 0 Å². The fourth-order valence-electron chi connectivity index (χ4n) is 0. The standard InChI is InChI=1S/C2H4O2S/c3-1-2(4)5/h3H,1H2,(H,4,5)/p-1. The molecular weight excluding hydrogens is 88.1 g/mol. The van der Waals surface area contributed by atoms with Crippen LogP contribution in [0.25, 0.3) is 0 Å².